The molecule has 0 unspecified atom stereocenters. The van der Waals surface area contributed by atoms with Gasteiger partial charge < -0.3 is 14.2 Å². The van der Waals surface area contributed by atoms with Gasteiger partial charge >= 0.3 is 0 Å². The summed E-state index contributed by atoms with van der Waals surface area (Å²) in [4.78, 5) is 0.121. The zero-order chi connectivity index (χ0) is 25.0. The van der Waals surface area contributed by atoms with Gasteiger partial charge in [0.1, 0.15) is 29.6 Å². The molecule has 0 aliphatic carbocycles. The number of ether oxygens (including phenoxy) is 3. The van der Waals surface area contributed by atoms with Gasteiger partial charge in [0.2, 0.25) is 0 Å². The van der Waals surface area contributed by atoms with Crippen LogP contribution < -0.4 is 9.04 Å². The van der Waals surface area contributed by atoms with Crippen molar-refractivity contribution < 1.29 is 31.4 Å². The number of hydrogen-bond acceptors (Lipinski definition) is 5. The molecule has 6 nitrogen and oxygen atoms in total. The van der Waals surface area contributed by atoms with Crippen LogP contribution in [0.3, 0.4) is 0 Å². The molecular formula is C26H25F2NO5S. The zero-order valence-corrected chi connectivity index (χ0v) is 20.3. The number of benzene rings is 3. The number of aryl methyl sites for hydroxylation is 1. The van der Waals surface area contributed by atoms with Gasteiger partial charge in [0.25, 0.3) is 10.0 Å². The molecule has 2 aliphatic heterocycles. The predicted molar refractivity (Wildman–Crippen MR) is 127 cm³/mol. The van der Waals surface area contributed by atoms with Gasteiger partial charge in [0, 0.05) is 5.56 Å². The van der Waals surface area contributed by atoms with Gasteiger partial charge in [-0.1, -0.05) is 18.2 Å². The lowest BCUT2D eigenvalue weighted by molar-refractivity contribution is -0.148. The monoisotopic (exact) mass is 501 g/mol. The highest BCUT2D eigenvalue weighted by Crippen LogP contribution is 2.42. The van der Waals surface area contributed by atoms with Crippen molar-refractivity contribution in [2.45, 2.75) is 43.7 Å². The van der Waals surface area contributed by atoms with E-state index in [1.807, 2.05) is 13.0 Å². The number of sulfonamides is 1. The van der Waals surface area contributed by atoms with Gasteiger partial charge in [-0.15, -0.1) is 0 Å². The van der Waals surface area contributed by atoms with Crippen LogP contribution in [0.15, 0.2) is 65.6 Å². The SMILES string of the molecule is Cc1cccc(S(=O)(=O)N2C[C@H]([C@H]3COC(C)(C)O3)Oc3ccc(-c4cc(F)ccc4F)cc32)c1. The van der Waals surface area contributed by atoms with Crippen molar-refractivity contribution in [1.29, 1.82) is 0 Å². The first kappa shape index (κ1) is 23.7. The van der Waals surface area contributed by atoms with Crippen molar-refractivity contribution in [3.05, 3.63) is 77.9 Å². The summed E-state index contributed by atoms with van der Waals surface area (Å²) in [6.45, 7) is 5.59. The van der Waals surface area contributed by atoms with Crippen LogP contribution in [0, 0.1) is 18.6 Å². The zero-order valence-electron chi connectivity index (χ0n) is 19.5. The second kappa shape index (κ2) is 8.58. The van der Waals surface area contributed by atoms with Gasteiger partial charge in [-0.25, -0.2) is 17.2 Å². The Kier molecular flexibility index (Phi) is 5.82. The second-order valence-corrected chi connectivity index (χ2v) is 11.0. The van der Waals surface area contributed by atoms with E-state index in [9.17, 15) is 17.2 Å². The minimum absolute atomic E-state index is 0.0251. The maximum atomic E-state index is 14.5. The molecule has 2 atom stereocenters. The fourth-order valence-electron chi connectivity index (χ4n) is 4.38. The highest BCUT2D eigenvalue weighted by molar-refractivity contribution is 7.92. The summed E-state index contributed by atoms with van der Waals surface area (Å²) in [5.41, 5.74) is 1.38. The molecule has 0 spiro atoms. The lowest BCUT2D eigenvalue weighted by Crippen LogP contribution is -2.49. The minimum Gasteiger partial charge on any atom is -0.483 e. The minimum atomic E-state index is -4.02. The Labute approximate surface area is 203 Å². The highest BCUT2D eigenvalue weighted by Gasteiger charge is 2.44. The standard InChI is InChI=1S/C26H25F2NO5S/c1-16-5-4-6-19(11-16)35(30,31)29-14-24(25-15-32-26(2,3)34-25)33-23-10-7-17(12-22(23)29)20-13-18(27)8-9-21(20)28/h4-13,24-25H,14-15H2,1-3H3/t24-,25-/m1/s1. The van der Waals surface area contributed by atoms with E-state index in [-0.39, 0.29) is 29.3 Å². The third-order valence-corrected chi connectivity index (χ3v) is 7.89. The van der Waals surface area contributed by atoms with E-state index in [0.29, 0.717) is 11.3 Å². The average Bonchev–Trinajstić information content (AvgIpc) is 3.19. The van der Waals surface area contributed by atoms with Crippen molar-refractivity contribution in [3.8, 4) is 16.9 Å². The summed E-state index contributed by atoms with van der Waals surface area (Å²) in [7, 11) is -4.02. The fraction of sp³-hybridized carbons (Fsp3) is 0.308. The van der Waals surface area contributed by atoms with Crippen LogP contribution >= 0.6 is 0 Å². The van der Waals surface area contributed by atoms with Crippen molar-refractivity contribution in [2.24, 2.45) is 0 Å². The molecule has 0 radical (unpaired) electrons. The summed E-state index contributed by atoms with van der Waals surface area (Å²) >= 11 is 0. The second-order valence-electron chi connectivity index (χ2n) is 9.18. The first-order valence-corrected chi connectivity index (χ1v) is 12.6. The van der Waals surface area contributed by atoms with Crippen LogP contribution in [0.1, 0.15) is 19.4 Å². The third kappa shape index (κ3) is 4.51. The lowest BCUT2D eigenvalue weighted by atomic mass is 10.0. The molecule has 2 aliphatic rings. The number of rotatable bonds is 4. The van der Waals surface area contributed by atoms with Gasteiger partial charge in [-0.05, 0) is 74.4 Å². The summed E-state index contributed by atoms with van der Waals surface area (Å²) < 4.78 is 75.0. The molecule has 184 valence electrons. The summed E-state index contributed by atoms with van der Waals surface area (Å²) in [5.74, 6) is -1.73. The van der Waals surface area contributed by atoms with E-state index in [1.54, 1.807) is 38.1 Å². The topological polar surface area (TPSA) is 65.1 Å². The molecule has 5 rings (SSSR count). The van der Waals surface area contributed by atoms with E-state index in [4.69, 9.17) is 14.2 Å². The van der Waals surface area contributed by atoms with E-state index in [0.717, 1.165) is 23.8 Å². The Balaban J connectivity index is 1.62. The first-order chi connectivity index (χ1) is 16.5. The van der Waals surface area contributed by atoms with Crippen molar-refractivity contribution in [1.82, 2.24) is 0 Å². The van der Waals surface area contributed by atoms with Gasteiger partial charge in [-0.2, -0.15) is 0 Å². The summed E-state index contributed by atoms with van der Waals surface area (Å²) in [5, 5.41) is 0. The van der Waals surface area contributed by atoms with E-state index in [2.05, 4.69) is 0 Å². The van der Waals surface area contributed by atoms with Crippen LogP contribution in [-0.2, 0) is 19.5 Å². The van der Waals surface area contributed by atoms with Crippen LogP contribution in [0.25, 0.3) is 11.1 Å². The highest BCUT2D eigenvalue weighted by atomic mass is 32.2. The molecular weight excluding hydrogens is 476 g/mol. The first-order valence-electron chi connectivity index (χ1n) is 11.2. The quantitative estimate of drug-likeness (QED) is 0.501. The molecule has 35 heavy (non-hydrogen) atoms. The Bertz CT molecular complexity index is 1390. The molecule has 1 fully saturated rings. The molecule has 0 saturated carbocycles. The molecule has 0 bridgehead atoms. The van der Waals surface area contributed by atoms with Crippen LogP contribution in [-0.4, -0.2) is 39.6 Å². The van der Waals surface area contributed by atoms with E-state index in [1.165, 1.54) is 16.4 Å². The molecule has 2 heterocycles. The van der Waals surface area contributed by atoms with Crippen LogP contribution in [0.5, 0.6) is 5.75 Å². The molecule has 9 heteroatoms. The van der Waals surface area contributed by atoms with Crippen molar-refractivity contribution in [3.63, 3.8) is 0 Å². The maximum Gasteiger partial charge on any atom is 0.264 e. The van der Waals surface area contributed by atoms with E-state index < -0.39 is 39.7 Å². The maximum absolute atomic E-state index is 14.5. The average molecular weight is 502 g/mol. The Morgan fingerprint density at radius 1 is 1.00 bits per heavy atom. The van der Waals surface area contributed by atoms with E-state index >= 15 is 0 Å². The van der Waals surface area contributed by atoms with Crippen molar-refractivity contribution in [2.75, 3.05) is 17.5 Å². The van der Waals surface area contributed by atoms with Gasteiger partial charge in [-0.3, -0.25) is 4.31 Å². The molecule has 3 aromatic rings. The van der Waals surface area contributed by atoms with Gasteiger partial charge in [0.05, 0.1) is 23.7 Å². The van der Waals surface area contributed by atoms with Crippen molar-refractivity contribution >= 4 is 15.7 Å². The Morgan fingerprint density at radius 2 is 1.80 bits per heavy atom. The molecule has 0 amide bonds. The number of fused-ring (bicyclic) bond motifs is 1. The third-order valence-electron chi connectivity index (χ3n) is 6.11. The molecule has 3 aromatic carbocycles. The molecule has 0 aromatic heterocycles. The molecule has 1 saturated heterocycles. The Hall–Kier alpha value is -3.01. The number of anilines is 1. The predicted octanol–water partition coefficient (Wildman–Crippen LogP) is 5.05. The lowest BCUT2D eigenvalue weighted by Gasteiger charge is -2.37. The Morgan fingerprint density at radius 3 is 2.51 bits per heavy atom. The molecule has 0 N–H and O–H groups in total. The summed E-state index contributed by atoms with van der Waals surface area (Å²) in [6, 6.07) is 14.4. The summed E-state index contributed by atoms with van der Waals surface area (Å²) in [6.07, 6.45) is -1.13. The number of halogens is 2. The van der Waals surface area contributed by atoms with Gasteiger partial charge in [0.15, 0.2) is 5.79 Å². The normalized spacial score (nSPS) is 21.5. The largest absolute Gasteiger partial charge is 0.483 e. The van der Waals surface area contributed by atoms with Crippen LogP contribution in [0.2, 0.25) is 0 Å². The fourth-order valence-corrected chi connectivity index (χ4v) is 5.97. The number of hydrogen-bond donors (Lipinski definition) is 0. The number of nitrogens with zero attached hydrogens (tertiary/aromatic N) is 1. The van der Waals surface area contributed by atoms with Crippen LogP contribution in [0.4, 0.5) is 14.5 Å². The smallest absolute Gasteiger partial charge is 0.264 e.